The number of halogens is 3. The monoisotopic (exact) mass is 494 g/mol. The van der Waals surface area contributed by atoms with E-state index in [1.807, 2.05) is 32.0 Å². The van der Waals surface area contributed by atoms with E-state index in [1.54, 1.807) is 29.8 Å². The first-order valence-electron chi connectivity index (χ1n) is 8.98. The SMILES string of the molecule is CCOC(=O)c1nn(-c2ccc(Cl)cc2Cl)c2c1C(C)(C)Oc1cc(Br)ccc1-2. The van der Waals surface area contributed by atoms with Gasteiger partial charge in [-0.15, -0.1) is 0 Å². The van der Waals surface area contributed by atoms with E-state index in [9.17, 15) is 4.79 Å². The van der Waals surface area contributed by atoms with E-state index >= 15 is 0 Å². The number of aromatic nitrogens is 2. The van der Waals surface area contributed by atoms with E-state index in [0.29, 0.717) is 27.0 Å². The summed E-state index contributed by atoms with van der Waals surface area (Å²) in [6, 6.07) is 10.9. The van der Waals surface area contributed by atoms with E-state index in [1.165, 1.54) is 0 Å². The van der Waals surface area contributed by atoms with E-state index in [0.717, 1.165) is 15.7 Å². The highest BCUT2D eigenvalue weighted by Crippen LogP contribution is 2.48. The van der Waals surface area contributed by atoms with Crippen molar-refractivity contribution in [2.24, 2.45) is 0 Å². The molecule has 5 nitrogen and oxygen atoms in total. The number of ether oxygens (including phenoxy) is 2. The van der Waals surface area contributed by atoms with Gasteiger partial charge in [0.1, 0.15) is 11.4 Å². The van der Waals surface area contributed by atoms with Crippen LogP contribution < -0.4 is 4.74 Å². The third-order valence-electron chi connectivity index (χ3n) is 4.66. The average molecular weight is 496 g/mol. The molecule has 0 N–H and O–H groups in total. The van der Waals surface area contributed by atoms with Crippen molar-refractivity contribution in [2.75, 3.05) is 6.61 Å². The average Bonchev–Trinajstić information content (AvgIpc) is 3.03. The lowest BCUT2D eigenvalue weighted by molar-refractivity contribution is 0.0500. The van der Waals surface area contributed by atoms with Crippen LogP contribution in [-0.2, 0) is 10.3 Å². The van der Waals surface area contributed by atoms with Gasteiger partial charge in [-0.2, -0.15) is 5.10 Å². The Kier molecular flexibility index (Phi) is 5.13. The zero-order valence-electron chi connectivity index (χ0n) is 15.9. The fraction of sp³-hybridized carbons (Fsp3) is 0.238. The number of esters is 1. The second kappa shape index (κ2) is 7.35. The molecular formula is C21H17BrCl2N2O3. The molecule has 2 aromatic carbocycles. The number of carbonyl (C=O) groups excluding carboxylic acids is 1. The Morgan fingerprint density at radius 2 is 2.00 bits per heavy atom. The summed E-state index contributed by atoms with van der Waals surface area (Å²) in [5, 5.41) is 5.54. The van der Waals surface area contributed by atoms with Gasteiger partial charge in [-0.05, 0) is 57.2 Å². The van der Waals surface area contributed by atoms with Gasteiger partial charge in [-0.25, -0.2) is 9.48 Å². The Hall–Kier alpha value is -2.02. The van der Waals surface area contributed by atoms with Crippen LogP contribution in [0.2, 0.25) is 10.0 Å². The fourth-order valence-electron chi connectivity index (χ4n) is 3.51. The number of benzene rings is 2. The third kappa shape index (κ3) is 3.43. The van der Waals surface area contributed by atoms with Crippen LogP contribution >= 0.6 is 39.1 Å². The highest BCUT2D eigenvalue weighted by molar-refractivity contribution is 9.10. The summed E-state index contributed by atoms with van der Waals surface area (Å²) in [6.07, 6.45) is 0. The molecule has 1 aliphatic rings. The van der Waals surface area contributed by atoms with Crippen LogP contribution in [0.4, 0.5) is 0 Å². The first-order chi connectivity index (χ1) is 13.7. The van der Waals surface area contributed by atoms with Gasteiger partial charge in [0.05, 0.1) is 28.6 Å². The Balaban J connectivity index is 2.08. The quantitative estimate of drug-likeness (QED) is 0.394. The normalized spacial score (nSPS) is 14.0. The molecule has 0 amide bonds. The van der Waals surface area contributed by atoms with Crippen molar-refractivity contribution in [3.05, 3.63) is 62.2 Å². The molecule has 0 fully saturated rings. The van der Waals surface area contributed by atoms with E-state index < -0.39 is 11.6 Å². The Labute approximate surface area is 186 Å². The molecule has 0 spiro atoms. The van der Waals surface area contributed by atoms with Crippen molar-refractivity contribution in [3.8, 4) is 22.7 Å². The molecule has 29 heavy (non-hydrogen) atoms. The van der Waals surface area contributed by atoms with Crippen LogP contribution in [0.15, 0.2) is 40.9 Å². The van der Waals surface area contributed by atoms with E-state index in [4.69, 9.17) is 32.7 Å². The van der Waals surface area contributed by atoms with E-state index in [-0.39, 0.29) is 12.3 Å². The molecule has 0 aliphatic carbocycles. The first-order valence-corrected chi connectivity index (χ1v) is 10.5. The maximum Gasteiger partial charge on any atom is 0.359 e. The lowest BCUT2D eigenvalue weighted by Gasteiger charge is -2.33. The first kappa shape index (κ1) is 20.3. The summed E-state index contributed by atoms with van der Waals surface area (Å²) >= 11 is 16.0. The largest absolute Gasteiger partial charge is 0.482 e. The predicted octanol–water partition coefficient (Wildman–Crippen LogP) is 6.41. The zero-order valence-corrected chi connectivity index (χ0v) is 19.0. The molecule has 0 unspecified atom stereocenters. The van der Waals surface area contributed by atoms with Gasteiger partial charge in [0, 0.05) is 15.1 Å². The summed E-state index contributed by atoms with van der Waals surface area (Å²) in [5.74, 6) is 0.170. The van der Waals surface area contributed by atoms with Crippen LogP contribution in [0, 0.1) is 0 Å². The smallest absolute Gasteiger partial charge is 0.359 e. The highest BCUT2D eigenvalue weighted by atomic mass is 79.9. The van der Waals surface area contributed by atoms with Crippen molar-refractivity contribution in [1.29, 1.82) is 0 Å². The Morgan fingerprint density at radius 3 is 2.69 bits per heavy atom. The molecule has 4 rings (SSSR count). The van der Waals surface area contributed by atoms with Gasteiger partial charge in [-0.1, -0.05) is 39.1 Å². The molecule has 3 aromatic rings. The summed E-state index contributed by atoms with van der Waals surface area (Å²) in [6.45, 7) is 5.79. The standard InChI is InChI=1S/C21H17BrCl2N2O3/c1-4-28-20(27)18-17-19(26(25-18)15-8-6-12(23)10-14(15)24)13-7-5-11(22)9-16(13)29-21(17,2)3/h5-10H,4H2,1-3H3. The minimum atomic E-state index is -0.817. The molecule has 8 heteroatoms. The van der Waals surface area contributed by atoms with Gasteiger partial charge >= 0.3 is 5.97 Å². The van der Waals surface area contributed by atoms with E-state index in [2.05, 4.69) is 21.0 Å². The number of carbonyl (C=O) groups is 1. The van der Waals surface area contributed by atoms with Crippen LogP contribution in [-0.4, -0.2) is 22.4 Å². The van der Waals surface area contributed by atoms with Crippen LogP contribution in [0.1, 0.15) is 36.8 Å². The molecule has 0 radical (unpaired) electrons. The molecule has 1 aliphatic heterocycles. The molecule has 150 valence electrons. The van der Waals surface area contributed by atoms with Crippen molar-refractivity contribution >= 4 is 45.1 Å². The van der Waals surface area contributed by atoms with Gasteiger partial charge in [0.15, 0.2) is 5.69 Å². The van der Waals surface area contributed by atoms with Gasteiger partial charge in [-0.3, -0.25) is 0 Å². The number of nitrogens with zero attached hydrogens (tertiary/aromatic N) is 2. The van der Waals surface area contributed by atoms with Crippen molar-refractivity contribution in [1.82, 2.24) is 9.78 Å². The highest BCUT2D eigenvalue weighted by Gasteiger charge is 2.41. The van der Waals surface area contributed by atoms with Gasteiger partial charge in [0.25, 0.3) is 0 Å². The third-order valence-corrected chi connectivity index (χ3v) is 5.69. The molecule has 0 saturated carbocycles. The lowest BCUT2D eigenvalue weighted by Crippen LogP contribution is -2.31. The van der Waals surface area contributed by atoms with Gasteiger partial charge in [0.2, 0.25) is 0 Å². The molecule has 0 bridgehead atoms. The Morgan fingerprint density at radius 1 is 1.24 bits per heavy atom. The second-order valence-electron chi connectivity index (χ2n) is 7.05. The molecular weight excluding hydrogens is 479 g/mol. The zero-order chi connectivity index (χ0) is 20.9. The molecule has 1 aromatic heterocycles. The fourth-order valence-corrected chi connectivity index (χ4v) is 4.34. The van der Waals surface area contributed by atoms with Gasteiger partial charge < -0.3 is 9.47 Å². The van der Waals surface area contributed by atoms with Crippen molar-refractivity contribution in [2.45, 2.75) is 26.4 Å². The maximum atomic E-state index is 12.7. The summed E-state index contributed by atoms with van der Waals surface area (Å²) in [7, 11) is 0. The minimum absolute atomic E-state index is 0.200. The lowest BCUT2D eigenvalue weighted by atomic mass is 9.89. The summed E-state index contributed by atoms with van der Waals surface area (Å²) in [5.41, 5.74) is 2.17. The predicted molar refractivity (Wildman–Crippen MR) is 116 cm³/mol. The van der Waals surface area contributed by atoms with Crippen LogP contribution in [0.3, 0.4) is 0 Å². The Bertz CT molecular complexity index is 1140. The van der Waals surface area contributed by atoms with Crippen molar-refractivity contribution < 1.29 is 14.3 Å². The molecule has 0 atom stereocenters. The summed E-state index contributed by atoms with van der Waals surface area (Å²) < 4.78 is 14.1. The van der Waals surface area contributed by atoms with Crippen LogP contribution in [0.5, 0.6) is 5.75 Å². The summed E-state index contributed by atoms with van der Waals surface area (Å²) in [4.78, 5) is 12.7. The number of hydrogen-bond donors (Lipinski definition) is 0. The van der Waals surface area contributed by atoms with Crippen LogP contribution in [0.25, 0.3) is 16.9 Å². The van der Waals surface area contributed by atoms with Crippen molar-refractivity contribution in [3.63, 3.8) is 0 Å². The number of fused-ring (bicyclic) bond motifs is 3. The molecule has 2 heterocycles. The minimum Gasteiger partial charge on any atom is -0.482 e. The topological polar surface area (TPSA) is 53.3 Å². The number of rotatable bonds is 3. The maximum absolute atomic E-state index is 12.7. The number of hydrogen-bond acceptors (Lipinski definition) is 4. The second-order valence-corrected chi connectivity index (χ2v) is 8.81. The molecule has 0 saturated heterocycles.